The minimum Gasteiger partial charge on any atom is -0.465 e. The van der Waals surface area contributed by atoms with Crippen molar-refractivity contribution in [2.45, 2.75) is 6.92 Å². The lowest BCUT2D eigenvalue weighted by Crippen LogP contribution is -2.24. The summed E-state index contributed by atoms with van der Waals surface area (Å²) in [5.41, 5.74) is 1.71. The molecule has 9 nitrogen and oxygen atoms in total. The van der Waals surface area contributed by atoms with Crippen LogP contribution in [-0.4, -0.2) is 37.0 Å². The molecule has 3 rings (SSSR count). The third kappa shape index (κ3) is 4.06. The van der Waals surface area contributed by atoms with Crippen molar-refractivity contribution >= 4 is 35.3 Å². The number of carbonyl (C=O) groups is 3. The van der Waals surface area contributed by atoms with Crippen molar-refractivity contribution in [1.29, 1.82) is 0 Å². The first-order chi connectivity index (χ1) is 14.8. The molecule has 9 heteroatoms. The standard InChI is InChI=1S/C22H18N2O7/c1-13-19(22(27)31-3)18(12-14-4-8-17(9-5-14)24(28)29)20(25)23(13)16-10-6-15(7-11-16)21(26)30-2/h4-12H,1-3H3/b18-12-. The van der Waals surface area contributed by atoms with Gasteiger partial charge in [0.15, 0.2) is 0 Å². The maximum atomic E-state index is 13.2. The number of rotatable bonds is 5. The Morgan fingerprint density at radius 3 is 2.06 bits per heavy atom. The van der Waals surface area contributed by atoms with Gasteiger partial charge in [-0.15, -0.1) is 0 Å². The highest BCUT2D eigenvalue weighted by Crippen LogP contribution is 2.35. The fourth-order valence-electron chi connectivity index (χ4n) is 3.21. The van der Waals surface area contributed by atoms with Gasteiger partial charge in [-0.2, -0.15) is 0 Å². The molecule has 1 amide bonds. The minimum absolute atomic E-state index is 0.0860. The van der Waals surface area contributed by atoms with E-state index in [0.717, 1.165) is 0 Å². The zero-order chi connectivity index (χ0) is 22.7. The van der Waals surface area contributed by atoms with Gasteiger partial charge in [0.05, 0.1) is 35.9 Å². The molecular formula is C22H18N2O7. The summed E-state index contributed by atoms with van der Waals surface area (Å²) >= 11 is 0. The molecule has 0 saturated carbocycles. The van der Waals surface area contributed by atoms with Crippen molar-refractivity contribution < 1.29 is 28.8 Å². The number of carbonyl (C=O) groups excluding carboxylic acids is 3. The Bertz CT molecular complexity index is 1130. The van der Waals surface area contributed by atoms with Gasteiger partial charge in [-0.05, 0) is 55.0 Å². The molecule has 2 aromatic carbocycles. The molecule has 0 spiro atoms. The largest absolute Gasteiger partial charge is 0.465 e. The summed E-state index contributed by atoms with van der Waals surface area (Å²) in [5, 5.41) is 10.8. The van der Waals surface area contributed by atoms with Crippen molar-refractivity contribution in [3.8, 4) is 0 Å². The number of anilines is 1. The third-order valence-electron chi connectivity index (χ3n) is 4.75. The Hall–Kier alpha value is -4.27. The van der Waals surface area contributed by atoms with Gasteiger partial charge in [0, 0.05) is 23.5 Å². The van der Waals surface area contributed by atoms with Crippen LogP contribution in [0.4, 0.5) is 11.4 Å². The third-order valence-corrected chi connectivity index (χ3v) is 4.75. The molecular weight excluding hydrogens is 404 g/mol. The predicted molar refractivity (Wildman–Crippen MR) is 111 cm³/mol. The molecule has 1 aliphatic heterocycles. The van der Waals surface area contributed by atoms with Gasteiger partial charge >= 0.3 is 11.9 Å². The Labute approximate surface area is 177 Å². The first kappa shape index (κ1) is 21.4. The number of nitro benzene ring substituents is 1. The van der Waals surface area contributed by atoms with E-state index >= 15 is 0 Å². The molecule has 0 atom stereocenters. The highest BCUT2D eigenvalue weighted by Gasteiger charge is 2.38. The van der Waals surface area contributed by atoms with Crippen molar-refractivity contribution in [1.82, 2.24) is 0 Å². The van der Waals surface area contributed by atoms with E-state index in [1.54, 1.807) is 19.1 Å². The van der Waals surface area contributed by atoms with Crippen LogP contribution in [-0.2, 0) is 19.1 Å². The first-order valence-electron chi connectivity index (χ1n) is 9.07. The van der Waals surface area contributed by atoms with Gasteiger partial charge in [-0.3, -0.25) is 19.8 Å². The number of ether oxygens (including phenoxy) is 2. The van der Waals surface area contributed by atoms with E-state index < -0.39 is 22.8 Å². The predicted octanol–water partition coefficient (Wildman–Crippen LogP) is 3.26. The minimum atomic E-state index is -0.687. The molecule has 0 saturated heterocycles. The normalized spacial score (nSPS) is 14.7. The highest BCUT2D eigenvalue weighted by atomic mass is 16.6. The number of non-ortho nitro benzene ring substituents is 1. The smallest absolute Gasteiger partial charge is 0.340 e. The second-order valence-electron chi connectivity index (χ2n) is 6.54. The van der Waals surface area contributed by atoms with Crippen molar-refractivity contribution in [3.63, 3.8) is 0 Å². The van der Waals surface area contributed by atoms with Gasteiger partial charge in [0.2, 0.25) is 0 Å². The van der Waals surface area contributed by atoms with E-state index in [2.05, 4.69) is 4.74 Å². The Kier molecular flexibility index (Phi) is 5.96. The Morgan fingerprint density at radius 2 is 1.55 bits per heavy atom. The maximum absolute atomic E-state index is 13.2. The van der Waals surface area contributed by atoms with Gasteiger partial charge in [0.25, 0.3) is 11.6 Å². The molecule has 0 unspecified atom stereocenters. The summed E-state index contributed by atoms with van der Waals surface area (Å²) < 4.78 is 9.53. The molecule has 2 aromatic rings. The molecule has 0 bridgehead atoms. The number of amides is 1. The molecule has 0 aliphatic carbocycles. The number of hydrogen-bond donors (Lipinski definition) is 0. The Balaban J connectivity index is 2.05. The number of benzene rings is 2. The summed E-state index contributed by atoms with van der Waals surface area (Å²) in [6, 6.07) is 11.7. The number of hydrogen-bond acceptors (Lipinski definition) is 7. The quantitative estimate of drug-likeness (QED) is 0.314. The highest BCUT2D eigenvalue weighted by molar-refractivity contribution is 6.23. The van der Waals surface area contributed by atoms with E-state index in [9.17, 15) is 24.5 Å². The molecule has 1 heterocycles. The average molecular weight is 422 g/mol. The van der Waals surface area contributed by atoms with Crippen LogP contribution in [0.3, 0.4) is 0 Å². The van der Waals surface area contributed by atoms with Crippen LogP contribution in [0.2, 0.25) is 0 Å². The lowest BCUT2D eigenvalue weighted by atomic mass is 10.0. The van der Waals surface area contributed by atoms with Crippen LogP contribution in [0.25, 0.3) is 6.08 Å². The summed E-state index contributed by atoms with van der Waals surface area (Å²) in [6.45, 7) is 1.61. The monoisotopic (exact) mass is 422 g/mol. The average Bonchev–Trinajstić information content (AvgIpc) is 3.02. The molecule has 1 aliphatic rings. The van der Waals surface area contributed by atoms with E-state index in [1.165, 1.54) is 61.6 Å². The summed E-state index contributed by atoms with van der Waals surface area (Å²) in [6.07, 6.45) is 1.48. The van der Waals surface area contributed by atoms with E-state index in [0.29, 0.717) is 22.5 Å². The second kappa shape index (κ2) is 8.62. The molecule has 0 fully saturated rings. The summed E-state index contributed by atoms with van der Waals surface area (Å²) in [4.78, 5) is 48.9. The van der Waals surface area contributed by atoms with Crippen LogP contribution >= 0.6 is 0 Å². The summed E-state index contributed by atoms with van der Waals surface area (Å²) in [7, 11) is 2.48. The molecule has 0 radical (unpaired) electrons. The molecule has 0 aromatic heterocycles. The molecule has 31 heavy (non-hydrogen) atoms. The maximum Gasteiger partial charge on any atom is 0.340 e. The number of allylic oxidation sites excluding steroid dienone is 1. The van der Waals surface area contributed by atoms with Crippen molar-refractivity contribution in [2.24, 2.45) is 0 Å². The molecule has 0 N–H and O–H groups in total. The van der Waals surface area contributed by atoms with Crippen LogP contribution in [0, 0.1) is 10.1 Å². The van der Waals surface area contributed by atoms with Crippen molar-refractivity contribution in [2.75, 3.05) is 19.1 Å². The summed E-state index contributed by atoms with van der Waals surface area (Å²) in [5.74, 6) is -1.67. The van der Waals surface area contributed by atoms with Gasteiger partial charge < -0.3 is 9.47 Å². The van der Waals surface area contributed by atoms with Crippen LogP contribution in [0.15, 0.2) is 65.4 Å². The SMILES string of the molecule is COC(=O)C1=C(C)N(c2ccc(C(=O)OC)cc2)C(=O)/C1=C\c1ccc([N+](=O)[O-])cc1. The number of esters is 2. The number of nitro groups is 1. The second-order valence-corrected chi connectivity index (χ2v) is 6.54. The molecule has 158 valence electrons. The van der Waals surface area contributed by atoms with Crippen LogP contribution < -0.4 is 4.90 Å². The fraction of sp³-hybridized carbons (Fsp3) is 0.136. The van der Waals surface area contributed by atoms with Gasteiger partial charge in [-0.1, -0.05) is 0 Å². The Morgan fingerprint density at radius 1 is 0.968 bits per heavy atom. The van der Waals surface area contributed by atoms with E-state index in [1.807, 2.05) is 0 Å². The van der Waals surface area contributed by atoms with Gasteiger partial charge in [0.1, 0.15) is 0 Å². The topological polar surface area (TPSA) is 116 Å². The fourth-order valence-corrected chi connectivity index (χ4v) is 3.21. The van der Waals surface area contributed by atoms with E-state index in [-0.39, 0.29) is 16.8 Å². The number of methoxy groups -OCH3 is 2. The zero-order valence-corrected chi connectivity index (χ0v) is 16.9. The first-order valence-corrected chi connectivity index (χ1v) is 9.07. The lowest BCUT2D eigenvalue weighted by Gasteiger charge is -2.18. The number of nitrogens with zero attached hydrogens (tertiary/aromatic N) is 2. The van der Waals surface area contributed by atoms with Gasteiger partial charge in [-0.25, -0.2) is 9.59 Å². The van der Waals surface area contributed by atoms with Crippen molar-refractivity contribution in [3.05, 3.63) is 86.6 Å². The van der Waals surface area contributed by atoms with Crippen LogP contribution in [0.5, 0.6) is 0 Å². The van der Waals surface area contributed by atoms with Crippen LogP contribution in [0.1, 0.15) is 22.8 Å². The lowest BCUT2D eigenvalue weighted by molar-refractivity contribution is -0.384. The van der Waals surface area contributed by atoms with E-state index in [4.69, 9.17) is 4.74 Å². The zero-order valence-electron chi connectivity index (χ0n) is 16.9.